The van der Waals surface area contributed by atoms with Gasteiger partial charge in [-0.15, -0.1) is 0 Å². The Kier molecular flexibility index (Phi) is 3.22. The SMILES string of the molecule is Cc1ccc(C)c2c1C(=O)N(C(C)CCN)C2=O. The molecule has 96 valence electrons. The molecule has 4 heteroatoms. The van der Waals surface area contributed by atoms with Gasteiger partial charge in [0.05, 0.1) is 11.1 Å². The predicted molar refractivity (Wildman–Crippen MR) is 69.5 cm³/mol. The molecule has 1 aliphatic heterocycles. The Labute approximate surface area is 107 Å². The van der Waals surface area contributed by atoms with Crippen LogP contribution in [0, 0.1) is 13.8 Å². The minimum atomic E-state index is -0.183. The van der Waals surface area contributed by atoms with Gasteiger partial charge in [-0.2, -0.15) is 0 Å². The molecule has 1 aliphatic rings. The molecule has 1 aromatic rings. The van der Waals surface area contributed by atoms with Crippen LogP contribution >= 0.6 is 0 Å². The van der Waals surface area contributed by atoms with Gasteiger partial charge >= 0.3 is 0 Å². The summed E-state index contributed by atoms with van der Waals surface area (Å²) in [5.74, 6) is -0.366. The molecule has 0 radical (unpaired) electrons. The standard InChI is InChI=1S/C14H18N2O2/c1-8-4-5-9(2)12-11(8)13(17)16(14(12)18)10(3)6-7-15/h4-5,10H,6-7,15H2,1-3H3. The molecule has 2 N–H and O–H groups in total. The number of imide groups is 1. The molecule has 1 atom stereocenters. The van der Waals surface area contributed by atoms with E-state index in [-0.39, 0.29) is 17.9 Å². The maximum Gasteiger partial charge on any atom is 0.262 e. The third-order valence-electron chi connectivity index (χ3n) is 3.51. The first-order valence-electron chi connectivity index (χ1n) is 6.17. The number of nitrogens with zero attached hydrogens (tertiary/aromatic N) is 1. The number of carbonyl (C=O) groups is 2. The molecule has 1 aromatic carbocycles. The molecule has 1 unspecified atom stereocenters. The lowest BCUT2D eigenvalue weighted by molar-refractivity contribution is 0.0592. The lowest BCUT2D eigenvalue weighted by Gasteiger charge is -2.21. The lowest BCUT2D eigenvalue weighted by atomic mass is 9.99. The van der Waals surface area contributed by atoms with Crippen LogP contribution in [0.1, 0.15) is 45.2 Å². The van der Waals surface area contributed by atoms with E-state index in [1.54, 1.807) is 0 Å². The highest BCUT2D eigenvalue weighted by Gasteiger charge is 2.40. The molecule has 0 bridgehead atoms. The van der Waals surface area contributed by atoms with Crippen LogP contribution in [0.5, 0.6) is 0 Å². The van der Waals surface area contributed by atoms with Crippen molar-refractivity contribution in [1.29, 1.82) is 0 Å². The zero-order valence-corrected chi connectivity index (χ0v) is 11.0. The van der Waals surface area contributed by atoms with E-state index >= 15 is 0 Å². The average Bonchev–Trinajstić information content (AvgIpc) is 2.58. The van der Waals surface area contributed by atoms with Gasteiger partial charge in [0.1, 0.15) is 0 Å². The molecule has 18 heavy (non-hydrogen) atoms. The highest BCUT2D eigenvalue weighted by molar-refractivity contribution is 6.22. The van der Waals surface area contributed by atoms with Crippen LogP contribution in [0.25, 0.3) is 0 Å². The first-order valence-corrected chi connectivity index (χ1v) is 6.17. The zero-order chi connectivity index (χ0) is 13.4. The van der Waals surface area contributed by atoms with Crippen LogP contribution in [0.15, 0.2) is 12.1 Å². The summed E-state index contributed by atoms with van der Waals surface area (Å²) in [5.41, 5.74) is 8.34. The lowest BCUT2D eigenvalue weighted by Crippen LogP contribution is -2.39. The van der Waals surface area contributed by atoms with Crippen LogP contribution in [0.3, 0.4) is 0 Å². The minimum absolute atomic E-state index is 0.152. The Morgan fingerprint density at radius 1 is 1.11 bits per heavy atom. The molecule has 0 fully saturated rings. The highest BCUT2D eigenvalue weighted by atomic mass is 16.2. The molecule has 4 nitrogen and oxygen atoms in total. The van der Waals surface area contributed by atoms with Crippen molar-refractivity contribution in [2.24, 2.45) is 5.73 Å². The van der Waals surface area contributed by atoms with Crippen LogP contribution in [-0.2, 0) is 0 Å². The molecule has 2 rings (SSSR count). The maximum atomic E-state index is 12.4. The summed E-state index contributed by atoms with van der Waals surface area (Å²) in [7, 11) is 0. The number of amides is 2. The maximum absolute atomic E-state index is 12.4. The monoisotopic (exact) mass is 246 g/mol. The topological polar surface area (TPSA) is 63.4 Å². The van der Waals surface area contributed by atoms with Gasteiger partial charge in [0.25, 0.3) is 11.8 Å². The molecular weight excluding hydrogens is 228 g/mol. The fourth-order valence-corrected chi connectivity index (χ4v) is 2.47. The zero-order valence-electron chi connectivity index (χ0n) is 11.0. The second kappa shape index (κ2) is 4.53. The molecule has 2 amide bonds. The van der Waals surface area contributed by atoms with Crippen molar-refractivity contribution in [1.82, 2.24) is 4.90 Å². The number of hydrogen-bond donors (Lipinski definition) is 1. The van der Waals surface area contributed by atoms with Crippen molar-refractivity contribution in [3.05, 3.63) is 34.4 Å². The van der Waals surface area contributed by atoms with Gasteiger partial charge in [-0.3, -0.25) is 14.5 Å². The first-order chi connectivity index (χ1) is 8.49. The van der Waals surface area contributed by atoms with Gasteiger partial charge in [-0.05, 0) is 44.9 Å². The van der Waals surface area contributed by atoms with Crippen LogP contribution in [-0.4, -0.2) is 29.3 Å². The van der Waals surface area contributed by atoms with E-state index in [0.717, 1.165) is 11.1 Å². The Balaban J connectivity index is 2.50. The van der Waals surface area contributed by atoms with Gasteiger partial charge in [-0.1, -0.05) is 12.1 Å². The summed E-state index contributed by atoms with van der Waals surface area (Å²) < 4.78 is 0. The quantitative estimate of drug-likeness (QED) is 0.825. The summed E-state index contributed by atoms with van der Waals surface area (Å²) in [5, 5.41) is 0. The Bertz CT molecular complexity index is 482. The number of benzene rings is 1. The van der Waals surface area contributed by atoms with Gasteiger partial charge in [0.15, 0.2) is 0 Å². The molecule has 0 saturated heterocycles. The van der Waals surface area contributed by atoms with Crippen molar-refractivity contribution in [3.8, 4) is 0 Å². The van der Waals surface area contributed by atoms with E-state index < -0.39 is 0 Å². The second-order valence-corrected chi connectivity index (χ2v) is 4.86. The van der Waals surface area contributed by atoms with Crippen molar-refractivity contribution in [2.45, 2.75) is 33.2 Å². The van der Waals surface area contributed by atoms with Crippen LogP contribution in [0.2, 0.25) is 0 Å². The van der Waals surface area contributed by atoms with Gasteiger partial charge in [-0.25, -0.2) is 0 Å². The number of aryl methyl sites for hydroxylation is 2. The van der Waals surface area contributed by atoms with Gasteiger partial charge in [0, 0.05) is 6.04 Å². The van der Waals surface area contributed by atoms with Crippen molar-refractivity contribution in [2.75, 3.05) is 6.54 Å². The highest BCUT2D eigenvalue weighted by Crippen LogP contribution is 2.30. The second-order valence-electron chi connectivity index (χ2n) is 4.86. The Morgan fingerprint density at radius 3 is 1.94 bits per heavy atom. The summed E-state index contributed by atoms with van der Waals surface area (Å²) in [6.07, 6.45) is 0.629. The molecular formula is C14H18N2O2. The molecule has 1 heterocycles. The van der Waals surface area contributed by atoms with E-state index in [1.165, 1.54) is 4.90 Å². The average molecular weight is 246 g/mol. The largest absolute Gasteiger partial charge is 0.330 e. The van der Waals surface area contributed by atoms with Crippen molar-refractivity contribution < 1.29 is 9.59 Å². The fourth-order valence-electron chi connectivity index (χ4n) is 2.47. The third kappa shape index (κ3) is 1.73. The number of nitrogens with two attached hydrogens (primary N) is 1. The number of carbonyl (C=O) groups excluding carboxylic acids is 2. The predicted octanol–water partition coefficient (Wildman–Crippen LogP) is 1.64. The van der Waals surface area contributed by atoms with Gasteiger partial charge < -0.3 is 5.73 Å². The molecule has 0 saturated carbocycles. The fraction of sp³-hybridized carbons (Fsp3) is 0.429. The summed E-state index contributed by atoms with van der Waals surface area (Å²) >= 11 is 0. The van der Waals surface area contributed by atoms with E-state index in [0.29, 0.717) is 24.1 Å². The Morgan fingerprint density at radius 2 is 1.56 bits per heavy atom. The van der Waals surface area contributed by atoms with E-state index in [4.69, 9.17) is 5.73 Å². The van der Waals surface area contributed by atoms with E-state index in [1.807, 2.05) is 32.9 Å². The summed E-state index contributed by atoms with van der Waals surface area (Å²) in [6.45, 7) is 6.05. The molecule has 0 spiro atoms. The summed E-state index contributed by atoms with van der Waals surface area (Å²) in [4.78, 5) is 26.1. The van der Waals surface area contributed by atoms with Crippen molar-refractivity contribution >= 4 is 11.8 Å². The van der Waals surface area contributed by atoms with E-state index in [9.17, 15) is 9.59 Å². The van der Waals surface area contributed by atoms with Crippen LogP contribution in [0.4, 0.5) is 0 Å². The minimum Gasteiger partial charge on any atom is -0.330 e. The number of hydrogen-bond acceptors (Lipinski definition) is 3. The normalized spacial score (nSPS) is 16.1. The molecule has 0 aromatic heterocycles. The number of fused-ring (bicyclic) bond motifs is 1. The van der Waals surface area contributed by atoms with Crippen molar-refractivity contribution in [3.63, 3.8) is 0 Å². The Hall–Kier alpha value is -1.68. The molecule has 0 aliphatic carbocycles. The van der Waals surface area contributed by atoms with Crippen LogP contribution < -0.4 is 5.73 Å². The first kappa shape index (κ1) is 12.8. The van der Waals surface area contributed by atoms with Gasteiger partial charge in [0.2, 0.25) is 0 Å². The smallest absolute Gasteiger partial charge is 0.262 e. The third-order valence-corrected chi connectivity index (χ3v) is 3.51. The summed E-state index contributed by atoms with van der Waals surface area (Å²) in [6, 6.07) is 3.62. The number of rotatable bonds is 3. The van der Waals surface area contributed by atoms with E-state index in [2.05, 4.69) is 0 Å².